The summed E-state index contributed by atoms with van der Waals surface area (Å²) in [5.41, 5.74) is 2.22. The summed E-state index contributed by atoms with van der Waals surface area (Å²) in [5.74, 6) is 1.57. The number of carbonyl (C=O) groups is 1. The molecule has 3 aliphatic rings. The molecular weight excluding hydrogens is 494 g/mol. The van der Waals surface area contributed by atoms with Crippen molar-refractivity contribution in [1.29, 1.82) is 0 Å². The number of benzene rings is 2. The van der Waals surface area contributed by atoms with Crippen molar-refractivity contribution >= 4 is 27.6 Å². The number of anilines is 1. The molecule has 1 heterocycles. The Bertz CT molecular complexity index is 1040. The second-order valence-electron chi connectivity index (χ2n) is 9.89. The lowest BCUT2D eigenvalue weighted by Gasteiger charge is -2.48. The maximum absolute atomic E-state index is 12.8. The van der Waals surface area contributed by atoms with Gasteiger partial charge in [0.25, 0.3) is 0 Å². The van der Waals surface area contributed by atoms with Gasteiger partial charge in [-0.2, -0.15) is 0 Å². The average Bonchev–Trinajstić information content (AvgIpc) is 3.17. The van der Waals surface area contributed by atoms with Crippen molar-refractivity contribution in [3.8, 4) is 11.5 Å². The zero-order valence-corrected chi connectivity index (χ0v) is 21.6. The summed E-state index contributed by atoms with van der Waals surface area (Å²) >= 11 is 3.47. The van der Waals surface area contributed by atoms with Gasteiger partial charge in [0, 0.05) is 33.7 Å². The molecule has 2 N–H and O–H groups in total. The molecular formula is C27H34BrN3O3. The van der Waals surface area contributed by atoms with Crippen LogP contribution in [-0.4, -0.2) is 49.8 Å². The summed E-state index contributed by atoms with van der Waals surface area (Å²) in [7, 11) is 3.39. The average molecular weight is 528 g/mol. The molecule has 2 amide bonds. The van der Waals surface area contributed by atoms with Gasteiger partial charge in [-0.3, -0.25) is 4.90 Å². The summed E-state index contributed by atoms with van der Waals surface area (Å²) in [6.07, 6.45) is 8.05. The smallest absolute Gasteiger partial charge is 0.319 e. The molecule has 7 heteroatoms. The molecule has 0 radical (unpaired) electrons. The molecule has 2 aromatic rings. The number of halogens is 1. The minimum absolute atomic E-state index is 0.0914. The van der Waals surface area contributed by atoms with Gasteiger partial charge < -0.3 is 20.1 Å². The molecule has 0 spiro atoms. The van der Waals surface area contributed by atoms with E-state index in [1.807, 2.05) is 30.3 Å². The summed E-state index contributed by atoms with van der Waals surface area (Å²) in [4.78, 5) is 15.5. The third-order valence-electron chi connectivity index (χ3n) is 8.22. The lowest BCUT2D eigenvalue weighted by molar-refractivity contribution is 0.0646. The number of rotatable bonds is 6. The van der Waals surface area contributed by atoms with Crippen LogP contribution in [0.25, 0.3) is 0 Å². The van der Waals surface area contributed by atoms with Crippen molar-refractivity contribution in [1.82, 2.24) is 10.2 Å². The fourth-order valence-electron chi connectivity index (χ4n) is 6.27. The molecule has 3 atom stereocenters. The number of hydrogen-bond acceptors (Lipinski definition) is 4. The largest absolute Gasteiger partial charge is 0.493 e. The van der Waals surface area contributed by atoms with E-state index in [0.717, 1.165) is 53.9 Å². The third-order valence-corrected chi connectivity index (χ3v) is 8.71. The molecule has 1 aliphatic heterocycles. The van der Waals surface area contributed by atoms with Gasteiger partial charge in [-0.05, 0) is 81.0 Å². The zero-order valence-electron chi connectivity index (χ0n) is 20.0. The number of nitrogens with one attached hydrogen (secondary N) is 2. The molecule has 34 heavy (non-hydrogen) atoms. The molecule has 182 valence electrons. The SMILES string of the molecule is COc1ccc(C23CCC(NC(=O)Nc4cccc(Br)c4)CC2N(C2CCC2)CC3)cc1OC. The summed E-state index contributed by atoms with van der Waals surface area (Å²) < 4.78 is 12.1. The molecule has 3 fully saturated rings. The Morgan fingerprint density at radius 1 is 1.06 bits per heavy atom. The van der Waals surface area contributed by atoms with Crippen molar-refractivity contribution in [2.24, 2.45) is 0 Å². The van der Waals surface area contributed by atoms with E-state index in [-0.39, 0.29) is 17.5 Å². The van der Waals surface area contributed by atoms with E-state index in [9.17, 15) is 4.79 Å². The van der Waals surface area contributed by atoms with Gasteiger partial charge in [0.05, 0.1) is 14.2 Å². The van der Waals surface area contributed by atoms with Gasteiger partial charge in [-0.25, -0.2) is 4.79 Å². The number of fused-ring (bicyclic) bond motifs is 1. The fraction of sp³-hybridized carbons (Fsp3) is 0.519. The number of ether oxygens (including phenoxy) is 2. The Labute approximate surface area is 210 Å². The Kier molecular flexibility index (Phi) is 6.76. The molecule has 1 saturated heterocycles. The van der Waals surface area contributed by atoms with E-state index in [1.165, 1.54) is 24.8 Å². The molecule has 2 saturated carbocycles. The minimum Gasteiger partial charge on any atom is -0.493 e. The van der Waals surface area contributed by atoms with E-state index in [4.69, 9.17) is 9.47 Å². The predicted molar refractivity (Wildman–Crippen MR) is 138 cm³/mol. The fourth-order valence-corrected chi connectivity index (χ4v) is 6.67. The van der Waals surface area contributed by atoms with Crippen molar-refractivity contribution in [3.05, 3.63) is 52.5 Å². The number of carbonyl (C=O) groups excluding carboxylic acids is 1. The maximum atomic E-state index is 12.8. The Morgan fingerprint density at radius 3 is 2.59 bits per heavy atom. The van der Waals surface area contributed by atoms with Crippen LogP contribution in [0.5, 0.6) is 11.5 Å². The molecule has 0 bridgehead atoms. The van der Waals surface area contributed by atoms with E-state index < -0.39 is 0 Å². The van der Waals surface area contributed by atoms with Crippen LogP contribution in [-0.2, 0) is 5.41 Å². The van der Waals surface area contributed by atoms with Crippen LogP contribution in [0, 0.1) is 0 Å². The Morgan fingerprint density at radius 2 is 1.88 bits per heavy atom. The van der Waals surface area contributed by atoms with E-state index in [2.05, 4.69) is 43.6 Å². The van der Waals surface area contributed by atoms with Crippen LogP contribution in [0.3, 0.4) is 0 Å². The highest BCUT2D eigenvalue weighted by Crippen LogP contribution is 2.52. The normalized spacial score (nSPS) is 26.9. The highest BCUT2D eigenvalue weighted by Gasteiger charge is 2.53. The van der Waals surface area contributed by atoms with E-state index in [1.54, 1.807) is 14.2 Å². The second kappa shape index (κ2) is 9.78. The molecule has 2 aliphatic carbocycles. The van der Waals surface area contributed by atoms with Crippen LogP contribution in [0.4, 0.5) is 10.5 Å². The number of methoxy groups -OCH3 is 2. The van der Waals surface area contributed by atoms with Gasteiger partial charge in [-0.15, -0.1) is 0 Å². The zero-order chi connectivity index (χ0) is 23.7. The number of urea groups is 1. The summed E-state index contributed by atoms with van der Waals surface area (Å²) in [6, 6.07) is 15.3. The Balaban J connectivity index is 1.36. The first-order valence-electron chi connectivity index (χ1n) is 12.3. The van der Waals surface area contributed by atoms with Crippen molar-refractivity contribution < 1.29 is 14.3 Å². The predicted octanol–water partition coefficient (Wildman–Crippen LogP) is 5.71. The van der Waals surface area contributed by atoms with Crippen LogP contribution < -0.4 is 20.1 Å². The molecule has 0 aromatic heterocycles. The lowest BCUT2D eigenvalue weighted by atomic mass is 9.64. The van der Waals surface area contributed by atoms with Crippen LogP contribution >= 0.6 is 15.9 Å². The van der Waals surface area contributed by atoms with Gasteiger partial charge in [0.15, 0.2) is 11.5 Å². The number of hydrogen-bond donors (Lipinski definition) is 2. The first-order valence-corrected chi connectivity index (χ1v) is 13.1. The lowest BCUT2D eigenvalue weighted by Crippen LogP contribution is -2.55. The van der Waals surface area contributed by atoms with Crippen LogP contribution in [0.15, 0.2) is 46.9 Å². The molecule has 3 unspecified atom stereocenters. The number of amides is 2. The van der Waals surface area contributed by atoms with Crippen molar-refractivity contribution in [2.75, 3.05) is 26.1 Å². The number of likely N-dealkylation sites (tertiary alicyclic amines) is 1. The van der Waals surface area contributed by atoms with Crippen LogP contribution in [0.2, 0.25) is 0 Å². The molecule has 5 rings (SSSR count). The third kappa shape index (κ3) is 4.40. The molecule has 2 aromatic carbocycles. The van der Waals surface area contributed by atoms with E-state index >= 15 is 0 Å². The monoisotopic (exact) mass is 527 g/mol. The highest BCUT2D eigenvalue weighted by atomic mass is 79.9. The minimum atomic E-state index is -0.130. The van der Waals surface area contributed by atoms with Gasteiger partial charge >= 0.3 is 6.03 Å². The van der Waals surface area contributed by atoms with Gasteiger partial charge in [0.1, 0.15) is 0 Å². The Hall–Kier alpha value is -2.25. The van der Waals surface area contributed by atoms with Gasteiger partial charge in [0.2, 0.25) is 0 Å². The standard InChI is InChI=1S/C27H34BrN3O3/c1-33-23-10-9-18(15-24(23)34-2)27-12-11-21(17-25(27)31(14-13-27)22-7-4-8-22)30-26(32)29-20-6-3-5-19(28)16-20/h3,5-6,9-10,15-16,21-22,25H,4,7-8,11-14,17H2,1-2H3,(H2,29,30,32). The van der Waals surface area contributed by atoms with Gasteiger partial charge in [-0.1, -0.05) is 34.5 Å². The first-order chi connectivity index (χ1) is 16.5. The summed E-state index contributed by atoms with van der Waals surface area (Å²) in [6.45, 7) is 1.13. The van der Waals surface area contributed by atoms with Crippen molar-refractivity contribution in [2.45, 2.75) is 68.5 Å². The quantitative estimate of drug-likeness (QED) is 0.505. The summed E-state index contributed by atoms with van der Waals surface area (Å²) in [5, 5.41) is 6.26. The topological polar surface area (TPSA) is 62.8 Å². The second-order valence-corrected chi connectivity index (χ2v) is 10.8. The molecule has 6 nitrogen and oxygen atoms in total. The number of nitrogens with zero attached hydrogens (tertiary/aromatic N) is 1. The van der Waals surface area contributed by atoms with E-state index in [0.29, 0.717) is 12.1 Å². The highest BCUT2D eigenvalue weighted by molar-refractivity contribution is 9.10. The maximum Gasteiger partial charge on any atom is 0.319 e. The first kappa shape index (κ1) is 23.5. The van der Waals surface area contributed by atoms with Crippen molar-refractivity contribution in [3.63, 3.8) is 0 Å². The van der Waals surface area contributed by atoms with Crippen LogP contribution in [0.1, 0.15) is 50.5 Å².